The molecular formula is C28H28F3N3O4. The van der Waals surface area contributed by atoms with E-state index in [9.17, 15) is 23.1 Å². The number of aryl methyl sites for hydroxylation is 1. The zero-order valence-electron chi connectivity index (χ0n) is 20.9. The first-order valence-electron chi connectivity index (χ1n) is 13.0. The van der Waals surface area contributed by atoms with Crippen LogP contribution in [0.1, 0.15) is 77.4 Å². The maximum absolute atomic E-state index is 13.7. The predicted molar refractivity (Wildman–Crippen MR) is 132 cm³/mol. The molecule has 3 atom stereocenters. The third-order valence-electron chi connectivity index (χ3n) is 7.97. The van der Waals surface area contributed by atoms with Crippen LogP contribution < -0.4 is 4.90 Å². The number of aromatic nitrogens is 2. The highest BCUT2D eigenvalue weighted by molar-refractivity contribution is 5.89. The number of fused-ring (bicyclic) bond motifs is 2. The standard InChI is InChI=1S/C28H28F3N3O4/c1-15-20(27(35)36)10-11-24(32-15)34-17-8-9-18(34)13-19(12-17)37-14-22-25(33-38-26(22)16-6-7-16)21-4-2-3-5-23(21)28(29,30)31/h2-5,10-11,16-19H,6-9,12-14H2,1H3,(H,35,36)/t17-,18+,19?. The molecule has 1 N–H and O–H groups in total. The second-order valence-electron chi connectivity index (χ2n) is 10.5. The summed E-state index contributed by atoms with van der Waals surface area (Å²) in [5, 5.41) is 13.4. The molecule has 7 nitrogen and oxygen atoms in total. The predicted octanol–water partition coefficient (Wildman–Crippen LogP) is 6.36. The smallest absolute Gasteiger partial charge is 0.417 e. The van der Waals surface area contributed by atoms with Crippen molar-refractivity contribution in [1.29, 1.82) is 0 Å². The number of alkyl halides is 3. The van der Waals surface area contributed by atoms with Crippen molar-refractivity contribution in [2.75, 3.05) is 4.90 Å². The molecule has 1 unspecified atom stereocenters. The highest BCUT2D eigenvalue weighted by Gasteiger charge is 2.43. The number of aromatic carboxylic acids is 1. The van der Waals surface area contributed by atoms with Crippen LogP contribution in [-0.4, -0.2) is 39.4 Å². The molecule has 38 heavy (non-hydrogen) atoms. The normalized spacial score (nSPS) is 23.2. The topological polar surface area (TPSA) is 88.7 Å². The van der Waals surface area contributed by atoms with Crippen molar-refractivity contribution in [1.82, 2.24) is 10.1 Å². The van der Waals surface area contributed by atoms with E-state index in [1.807, 2.05) is 0 Å². The molecule has 4 heterocycles. The van der Waals surface area contributed by atoms with Gasteiger partial charge in [0.2, 0.25) is 0 Å². The number of ether oxygens (including phenoxy) is 1. The average molecular weight is 528 g/mol. The van der Waals surface area contributed by atoms with Gasteiger partial charge in [-0.05, 0) is 63.6 Å². The summed E-state index contributed by atoms with van der Waals surface area (Å²) in [6.07, 6.45) is 0.779. The van der Waals surface area contributed by atoms with Gasteiger partial charge in [-0.3, -0.25) is 0 Å². The third-order valence-corrected chi connectivity index (χ3v) is 7.97. The van der Waals surface area contributed by atoms with Gasteiger partial charge in [-0.25, -0.2) is 9.78 Å². The molecule has 2 aromatic heterocycles. The van der Waals surface area contributed by atoms with Crippen LogP contribution in [0.15, 0.2) is 40.9 Å². The number of rotatable bonds is 7. The molecule has 1 saturated carbocycles. The Morgan fingerprint density at radius 2 is 1.82 bits per heavy atom. The van der Waals surface area contributed by atoms with Crippen LogP contribution in [0.4, 0.5) is 19.0 Å². The molecule has 1 aliphatic carbocycles. The van der Waals surface area contributed by atoms with Crippen molar-refractivity contribution in [3.05, 3.63) is 64.5 Å². The van der Waals surface area contributed by atoms with Gasteiger partial charge in [0.25, 0.3) is 0 Å². The summed E-state index contributed by atoms with van der Waals surface area (Å²) < 4.78 is 53.2. The Hall–Kier alpha value is -3.40. The van der Waals surface area contributed by atoms with E-state index in [0.29, 0.717) is 17.0 Å². The fraction of sp³-hybridized carbons (Fsp3) is 0.464. The Morgan fingerprint density at radius 1 is 1.11 bits per heavy atom. The number of anilines is 1. The Bertz CT molecular complexity index is 1350. The van der Waals surface area contributed by atoms with Gasteiger partial charge in [-0.1, -0.05) is 23.4 Å². The summed E-state index contributed by atoms with van der Waals surface area (Å²) in [6.45, 7) is 1.85. The maximum atomic E-state index is 13.7. The summed E-state index contributed by atoms with van der Waals surface area (Å²) in [6, 6.07) is 9.24. The van der Waals surface area contributed by atoms with Gasteiger partial charge >= 0.3 is 12.1 Å². The van der Waals surface area contributed by atoms with Crippen LogP contribution in [0, 0.1) is 6.92 Å². The second-order valence-corrected chi connectivity index (χ2v) is 10.5. The monoisotopic (exact) mass is 527 g/mol. The average Bonchev–Trinajstić information content (AvgIpc) is 3.57. The van der Waals surface area contributed by atoms with Gasteiger partial charge in [0.1, 0.15) is 17.3 Å². The molecule has 3 aromatic rings. The number of benzene rings is 1. The number of piperidine rings is 1. The van der Waals surface area contributed by atoms with E-state index in [4.69, 9.17) is 9.26 Å². The largest absolute Gasteiger partial charge is 0.478 e. The number of nitrogens with zero attached hydrogens (tertiary/aromatic N) is 3. The molecule has 2 bridgehead atoms. The van der Waals surface area contributed by atoms with Gasteiger partial charge < -0.3 is 19.3 Å². The first-order valence-corrected chi connectivity index (χ1v) is 13.0. The number of carboxylic acids is 1. The van der Waals surface area contributed by atoms with Crippen molar-refractivity contribution in [2.24, 2.45) is 0 Å². The van der Waals surface area contributed by atoms with Crippen LogP contribution >= 0.6 is 0 Å². The molecule has 3 fully saturated rings. The van der Waals surface area contributed by atoms with Crippen LogP contribution in [0.2, 0.25) is 0 Å². The van der Waals surface area contributed by atoms with Crippen LogP contribution in [0.3, 0.4) is 0 Å². The fourth-order valence-corrected chi connectivity index (χ4v) is 6.03. The summed E-state index contributed by atoms with van der Waals surface area (Å²) in [7, 11) is 0. The van der Waals surface area contributed by atoms with Crippen molar-refractivity contribution in [3.63, 3.8) is 0 Å². The summed E-state index contributed by atoms with van der Waals surface area (Å²) in [5.74, 6) is 0.595. The lowest BCUT2D eigenvalue weighted by atomic mass is 9.98. The van der Waals surface area contributed by atoms with Crippen molar-refractivity contribution in [3.8, 4) is 11.3 Å². The molecular weight excluding hydrogens is 499 g/mol. The summed E-state index contributed by atoms with van der Waals surface area (Å²) in [5.41, 5.74) is 0.774. The first-order chi connectivity index (χ1) is 18.2. The molecule has 2 aliphatic heterocycles. The van der Waals surface area contributed by atoms with Gasteiger partial charge in [0.05, 0.1) is 29.5 Å². The van der Waals surface area contributed by atoms with E-state index < -0.39 is 17.7 Å². The summed E-state index contributed by atoms with van der Waals surface area (Å²) >= 11 is 0. The van der Waals surface area contributed by atoms with E-state index in [0.717, 1.165) is 50.4 Å². The lowest BCUT2D eigenvalue weighted by Gasteiger charge is -2.39. The SMILES string of the molecule is Cc1nc(N2[C@@H]3CC[C@H]2CC(OCc2c(-c4ccccc4C(F)(F)F)noc2C2CC2)C3)ccc1C(=O)O. The van der Waals surface area contributed by atoms with Crippen LogP contribution in [0.25, 0.3) is 11.3 Å². The molecule has 0 radical (unpaired) electrons. The minimum atomic E-state index is -4.51. The van der Waals surface area contributed by atoms with E-state index in [-0.39, 0.29) is 47.5 Å². The second kappa shape index (κ2) is 9.41. The highest BCUT2D eigenvalue weighted by atomic mass is 19.4. The van der Waals surface area contributed by atoms with E-state index >= 15 is 0 Å². The van der Waals surface area contributed by atoms with Crippen molar-refractivity contribution < 1.29 is 32.3 Å². The molecule has 200 valence electrons. The number of carbonyl (C=O) groups is 1. The lowest BCUT2D eigenvalue weighted by molar-refractivity contribution is -0.137. The molecule has 3 aliphatic rings. The number of hydrogen-bond donors (Lipinski definition) is 1. The van der Waals surface area contributed by atoms with Crippen LogP contribution in [0.5, 0.6) is 0 Å². The molecule has 1 aromatic carbocycles. The fourth-order valence-electron chi connectivity index (χ4n) is 6.03. The Morgan fingerprint density at radius 3 is 2.45 bits per heavy atom. The third kappa shape index (κ3) is 4.55. The minimum Gasteiger partial charge on any atom is -0.478 e. The number of halogens is 3. The van der Waals surface area contributed by atoms with Gasteiger partial charge in [0.15, 0.2) is 0 Å². The zero-order chi connectivity index (χ0) is 26.6. The molecule has 2 saturated heterocycles. The number of carboxylic acid groups (broad SMARTS) is 1. The van der Waals surface area contributed by atoms with Gasteiger partial charge in [-0.15, -0.1) is 0 Å². The molecule has 6 rings (SSSR count). The van der Waals surface area contributed by atoms with E-state index in [1.165, 1.54) is 12.1 Å². The Labute approximate surface area is 217 Å². The van der Waals surface area contributed by atoms with Crippen LogP contribution in [-0.2, 0) is 17.5 Å². The lowest BCUT2D eigenvalue weighted by Crippen LogP contribution is -2.46. The molecule has 0 spiro atoms. The van der Waals surface area contributed by atoms with Crippen molar-refractivity contribution in [2.45, 2.75) is 82.3 Å². The molecule has 10 heteroatoms. The minimum absolute atomic E-state index is 0.00962. The highest BCUT2D eigenvalue weighted by Crippen LogP contribution is 2.46. The zero-order valence-corrected chi connectivity index (χ0v) is 20.9. The maximum Gasteiger partial charge on any atom is 0.417 e. The van der Waals surface area contributed by atoms with Gasteiger partial charge in [0, 0.05) is 29.1 Å². The first kappa shape index (κ1) is 24.9. The Kier molecular flexibility index (Phi) is 6.17. The van der Waals surface area contributed by atoms with Crippen molar-refractivity contribution >= 4 is 11.8 Å². The molecule has 0 amide bonds. The van der Waals surface area contributed by atoms with Gasteiger partial charge in [-0.2, -0.15) is 13.2 Å². The number of pyridine rings is 1. The quantitative estimate of drug-likeness (QED) is 0.383. The van der Waals surface area contributed by atoms with E-state index in [1.54, 1.807) is 25.1 Å². The summed E-state index contributed by atoms with van der Waals surface area (Å²) in [4.78, 5) is 18.2. The Balaban J connectivity index is 1.21. The number of hydrogen-bond acceptors (Lipinski definition) is 6. The van der Waals surface area contributed by atoms with E-state index in [2.05, 4.69) is 15.0 Å².